The van der Waals surface area contributed by atoms with Crippen LogP contribution in [-0.2, 0) is 0 Å². The smallest absolute Gasteiger partial charge is 0.128 e. The fourth-order valence-corrected chi connectivity index (χ4v) is 1.66. The van der Waals surface area contributed by atoms with Crippen LogP contribution in [0.1, 0.15) is 18.5 Å². The number of nitrogen functional groups attached to an aromatic ring is 1. The minimum absolute atomic E-state index is 0.162. The molecule has 1 heterocycles. The topological polar surface area (TPSA) is 50.9 Å². The van der Waals surface area contributed by atoms with Crippen LogP contribution in [0.25, 0.3) is 0 Å². The van der Waals surface area contributed by atoms with Crippen molar-refractivity contribution in [2.24, 2.45) is 0 Å². The molecule has 0 saturated heterocycles. The summed E-state index contributed by atoms with van der Waals surface area (Å²) in [6.07, 6.45) is 0. The van der Waals surface area contributed by atoms with Gasteiger partial charge in [-0.1, -0.05) is 24.3 Å². The summed E-state index contributed by atoms with van der Waals surface area (Å²) in [6.45, 7) is 1.88. The van der Waals surface area contributed by atoms with Crippen LogP contribution in [0, 0.1) is 5.82 Å². The summed E-state index contributed by atoms with van der Waals surface area (Å²) in [6, 6.07) is 11.8. The van der Waals surface area contributed by atoms with Gasteiger partial charge < -0.3 is 11.1 Å². The molecule has 17 heavy (non-hydrogen) atoms. The van der Waals surface area contributed by atoms with Gasteiger partial charge in [0.1, 0.15) is 17.5 Å². The number of nitrogens with zero attached hydrogens (tertiary/aromatic N) is 1. The molecule has 0 aliphatic rings. The minimum Gasteiger partial charge on any atom is -0.384 e. The van der Waals surface area contributed by atoms with Gasteiger partial charge in [-0.15, -0.1) is 0 Å². The molecule has 88 valence electrons. The van der Waals surface area contributed by atoms with E-state index in [0.29, 0.717) is 17.2 Å². The molecule has 0 fully saturated rings. The number of benzene rings is 1. The second-order valence-electron chi connectivity index (χ2n) is 3.84. The van der Waals surface area contributed by atoms with E-state index in [0.717, 1.165) is 0 Å². The van der Waals surface area contributed by atoms with Crippen LogP contribution in [0.5, 0.6) is 0 Å². The molecule has 1 aromatic heterocycles. The molecule has 0 radical (unpaired) electrons. The molecule has 2 rings (SSSR count). The van der Waals surface area contributed by atoms with Crippen LogP contribution in [-0.4, -0.2) is 4.98 Å². The lowest BCUT2D eigenvalue weighted by Crippen LogP contribution is -2.10. The molecule has 0 spiro atoms. The number of anilines is 2. The third kappa shape index (κ3) is 2.72. The highest BCUT2D eigenvalue weighted by molar-refractivity contribution is 5.44. The molecule has 0 aliphatic heterocycles. The van der Waals surface area contributed by atoms with Crippen molar-refractivity contribution in [3.8, 4) is 0 Å². The van der Waals surface area contributed by atoms with E-state index in [1.165, 1.54) is 6.07 Å². The van der Waals surface area contributed by atoms with Crippen LogP contribution in [0.4, 0.5) is 16.0 Å². The molecule has 0 bridgehead atoms. The molecular weight excluding hydrogens is 217 g/mol. The number of pyridine rings is 1. The highest BCUT2D eigenvalue weighted by Gasteiger charge is 2.10. The first-order valence-corrected chi connectivity index (χ1v) is 5.40. The normalized spacial score (nSPS) is 12.1. The maximum absolute atomic E-state index is 13.5. The first-order valence-electron chi connectivity index (χ1n) is 5.40. The molecule has 2 aromatic rings. The summed E-state index contributed by atoms with van der Waals surface area (Å²) >= 11 is 0. The van der Waals surface area contributed by atoms with Crippen LogP contribution in [0.3, 0.4) is 0 Å². The van der Waals surface area contributed by atoms with Gasteiger partial charge in [0.05, 0.1) is 6.04 Å². The van der Waals surface area contributed by atoms with Gasteiger partial charge in [-0.05, 0) is 25.1 Å². The van der Waals surface area contributed by atoms with Crippen molar-refractivity contribution >= 4 is 11.6 Å². The van der Waals surface area contributed by atoms with Crippen molar-refractivity contribution in [1.82, 2.24) is 4.98 Å². The number of halogens is 1. The number of rotatable bonds is 3. The summed E-state index contributed by atoms with van der Waals surface area (Å²) in [5.74, 6) is 0.855. The predicted molar refractivity (Wildman–Crippen MR) is 67.1 cm³/mol. The molecule has 1 unspecified atom stereocenters. The lowest BCUT2D eigenvalue weighted by molar-refractivity contribution is 0.600. The van der Waals surface area contributed by atoms with Crippen LogP contribution in [0.15, 0.2) is 42.5 Å². The molecule has 0 amide bonds. The Kier molecular flexibility index (Phi) is 3.23. The average molecular weight is 231 g/mol. The van der Waals surface area contributed by atoms with Gasteiger partial charge in [0.15, 0.2) is 0 Å². The standard InChI is InChI=1S/C13H14FN3/c1-9(10-5-2-3-6-11(10)14)16-13-8-4-7-12(15)17-13/h2-9H,1H3,(H3,15,16,17). The van der Waals surface area contributed by atoms with Gasteiger partial charge >= 0.3 is 0 Å². The summed E-state index contributed by atoms with van der Waals surface area (Å²) < 4.78 is 13.5. The van der Waals surface area contributed by atoms with E-state index in [1.54, 1.807) is 30.3 Å². The van der Waals surface area contributed by atoms with E-state index in [-0.39, 0.29) is 11.9 Å². The van der Waals surface area contributed by atoms with E-state index in [2.05, 4.69) is 10.3 Å². The van der Waals surface area contributed by atoms with Gasteiger partial charge in [0.25, 0.3) is 0 Å². The maximum Gasteiger partial charge on any atom is 0.128 e. The monoisotopic (exact) mass is 231 g/mol. The average Bonchev–Trinajstić information content (AvgIpc) is 2.29. The highest BCUT2D eigenvalue weighted by atomic mass is 19.1. The lowest BCUT2D eigenvalue weighted by atomic mass is 10.1. The van der Waals surface area contributed by atoms with Gasteiger partial charge in [0.2, 0.25) is 0 Å². The van der Waals surface area contributed by atoms with Crippen LogP contribution >= 0.6 is 0 Å². The predicted octanol–water partition coefficient (Wildman–Crippen LogP) is 2.98. The zero-order valence-electron chi connectivity index (χ0n) is 9.52. The van der Waals surface area contributed by atoms with Crippen molar-refractivity contribution in [1.29, 1.82) is 0 Å². The second-order valence-corrected chi connectivity index (χ2v) is 3.84. The SMILES string of the molecule is CC(Nc1cccc(N)n1)c1ccccc1F. The number of hydrogen-bond acceptors (Lipinski definition) is 3. The van der Waals surface area contributed by atoms with Crippen molar-refractivity contribution < 1.29 is 4.39 Å². The Morgan fingerprint density at radius 1 is 1.18 bits per heavy atom. The van der Waals surface area contributed by atoms with Crippen molar-refractivity contribution in [2.75, 3.05) is 11.1 Å². The minimum atomic E-state index is -0.226. The Bertz CT molecular complexity index is 514. The van der Waals surface area contributed by atoms with Crippen LogP contribution < -0.4 is 11.1 Å². The number of nitrogens with one attached hydrogen (secondary N) is 1. The zero-order chi connectivity index (χ0) is 12.3. The quantitative estimate of drug-likeness (QED) is 0.853. The molecule has 3 nitrogen and oxygen atoms in total. The Balaban J connectivity index is 2.17. The summed E-state index contributed by atoms with van der Waals surface area (Å²) in [5, 5.41) is 3.11. The molecule has 0 saturated carbocycles. The van der Waals surface area contributed by atoms with Crippen molar-refractivity contribution in [3.63, 3.8) is 0 Å². The Morgan fingerprint density at radius 3 is 2.65 bits per heavy atom. The summed E-state index contributed by atoms with van der Waals surface area (Å²) in [4.78, 5) is 4.11. The molecular formula is C13H14FN3. The Labute approximate surface area is 99.5 Å². The summed E-state index contributed by atoms with van der Waals surface area (Å²) in [5.41, 5.74) is 6.19. The number of aromatic nitrogens is 1. The lowest BCUT2D eigenvalue weighted by Gasteiger charge is -2.15. The van der Waals surface area contributed by atoms with Crippen LogP contribution in [0.2, 0.25) is 0 Å². The van der Waals surface area contributed by atoms with Crippen molar-refractivity contribution in [3.05, 3.63) is 53.8 Å². The fourth-order valence-electron chi connectivity index (χ4n) is 1.66. The molecule has 4 heteroatoms. The third-order valence-electron chi connectivity index (χ3n) is 2.51. The second kappa shape index (κ2) is 4.82. The summed E-state index contributed by atoms with van der Waals surface area (Å²) in [7, 11) is 0. The van der Waals surface area contributed by atoms with E-state index in [4.69, 9.17) is 5.73 Å². The van der Waals surface area contributed by atoms with E-state index in [9.17, 15) is 4.39 Å². The third-order valence-corrected chi connectivity index (χ3v) is 2.51. The molecule has 3 N–H and O–H groups in total. The molecule has 1 atom stereocenters. The van der Waals surface area contributed by atoms with Gasteiger partial charge in [-0.25, -0.2) is 9.37 Å². The first kappa shape index (κ1) is 11.4. The maximum atomic E-state index is 13.5. The first-order chi connectivity index (χ1) is 8.16. The number of nitrogens with two attached hydrogens (primary N) is 1. The van der Waals surface area contributed by atoms with Crippen molar-refractivity contribution in [2.45, 2.75) is 13.0 Å². The fraction of sp³-hybridized carbons (Fsp3) is 0.154. The van der Waals surface area contributed by atoms with E-state index >= 15 is 0 Å². The highest BCUT2D eigenvalue weighted by Crippen LogP contribution is 2.20. The largest absolute Gasteiger partial charge is 0.384 e. The molecule has 1 aromatic carbocycles. The Hall–Kier alpha value is -2.10. The number of hydrogen-bond donors (Lipinski definition) is 2. The van der Waals surface area contributed by atoms with Gasteiger partial charge in [0, 0.05) is 5.56 Å². The van der Waals surface area contributed by atoms with Gasteiger partial charge in [-0.3, -0.25) is 0 Å². The van der Waals surface area contributed by atoms with E-state index in [1.807, 2.05) is 13.0 Å². The van der Waals surface area contributed by atoms with E-state index < -0.39 is 0 Å². The Morgan fingerprint density at radius 2 is 1.94 bits per heavy atom. The zero-order valence-corrected chi connectivity index (χ0v) is 9.52. The molecule has 0 aliphatic carbocycles. The van der Waals surface area contributed by atoms with Gasteiger partial charge in [-0.2, -0.15) is 0 Å².